The Hall–Kier alpha value is -2.65. The Balaban J connectivity index is 1.60. The molecule has 148 valence electrons. The van der Waals surface area contributed by atoms with E-state index in [2.05, 4.69) is 10.3 Å². The van der Waals surface area contributed by atoms with Crippen LogP contribution in [0.5, 0.6) is 5.75 Å². The van der Waals surface area contributed by atoms with E-state index in [1.165, 1.54) is 6.92 Å². The van der Waals surface area contributed by atoms with Crippen LogP contribution in [-0.4, -0.2) is 47.0 Å². The smallest absolute Gasteiger partial charge is 0.351 e. The van der Waals surface area contributed by atoms with Crippen LogP contribution in [0.4, 0.5) is 4.79 Å². The molecule has 1 aromatic carbocycles. The van der Waals surface area contributed by atoms with Gasteiger partial charge >= 0.3 is 12.0 Å². The number of halogens is 1. The van der Waals surface area contributed by atoms with Gasteiger partial charge in [0.05, 0.1) is 5.69 Å². The quantitative estimate of drug-likeness (QED) is 0.717. The topological polar surface area (TPSA) is 97.8 Å². The van der Waals surface area contributed by atoms with Crippen molar-refractivity contribution in [2.45, 2.75) is 26.6 Å². The number of rotatable bonds is 6. The first-order valence-corrected chi connectivity index (χ1v) is 9.69. The van der Waals surface area contributed by atoms with E-state index in [-0.39, 0.29) is 13.2 Å². The molecule has 1 aliphatic heterocycles. The lowest BCUT2D eigenvalue weighted by Gasteiger charge is -2.17. The van der Waals surface area contributed by atoms with E-state index in [1.807, 2.05) is 0 Å². The molecule has 1 unspecified atom stereocenters. The highest BCUT2D eigenvalue weighted by molar-refractivity contribution is 7.13. The zero-order valence-electron chi connectivity index (χ0n) is 15.2. The van der Waals surface area contributed by atoms with Crippen molar-refractivity contribution < 1.29 is 23.9 Å². The third kappa shape index (κ3) is 4.60. The highest BCUT2D eigenvalue weighted by Crippen LogP contribution is 2.22. The van der Waals surface area contributed by atoms with E-state index in [4.69, 9.17) is 21.1 Å². The van der Waals surface area contributed by atoms with Crippen LogP contribution in [0.15, 0.2) is 24.3 Å². The number of hydrogen-bond acceptors (Lipinski definition) is 7. The summed E-state index contributed by atoms with van der Waals surface area (Å²) in [5.41, 5.74) is 0.489. The molecule has 1 N–H and O–H groups in total. The van der Waals surface area contributed by atoms with Crippen molar-refractivity contribution in [3.63, 3.8) is 0 Å². The third-order valence-electron chi connectivity index (χ3n) is 3.96. The van der Waals surface area contributed by atoms with Crippen LogP contribution >= 0.6 is 22.9 Å². The molecule has 1 saturated heterocycles. The Morgan fingerprint density at radius 2 is 2.07 bits per heavy atom. The molecule has 0 radical (unpaired) electrons. The molecule has 1 aliphatic rings. The predicted octanol–water partition coefficient (Wildman–Crippen LogP) is 2.78. The monoisotopic (exact) mass is 423 g/mol. The van der Waals surface area contributed by atoms with Crippen molar-refractivity contribution in [3.8, 4) is 5.75 Å². The molecule has 1 aromatic heterocycles. The number of nitrogens with one attached hydrogen (secondary N) is 1. The van der Waals surface area contributed by atoms with Crippen molar-refractivity contribution in [2.75, 3.05) is 13.1 Å². The Morgan fingerprint density at radius 1 is 1.36 bits per heavy atom. The lowest BCUT2D eigenvalue weighted by molar-refractivity contribution is -0.136. The number of ether oxygens (including phenoxy) is 2. The molecule has 2 aromatic rings. The maximum Gasteiger partial charge on any atom is 0.351 e. The summed E-state index contributed by atoms with van der Waals surface area (Å²) in [6, 6.07) is 6.42. The lowest BCUT2D eigenvalue weighted by Crippen LogP contribution is -2.41. The van der Waals surface area contributed by atoms with Gasteiger partial charge in [-0.05, 0) is 38.1 Å². The second-order valence-electron chi connectivity index (χ2n) is 6.03. The number of aromatic nitrogens is 1. The number of urea groups is 1. The molecule has 0 saturated carbocycles. The number of imide groups is 1. The van der Waals surface area contributed by atoms with E-state index in [1.54, 1.807) is 31.2 Å². The summed E-state index contributed by atoms with van der Waals surface area (Å²) < 4.78 is 10.9. The highest BCUT2D eigenvalue weighted by Gasteiger charge is 2.32. The molecule has 8 nitrogen and oxygen atoms in total. The van der Waals surface area contributed by atoms with Crippen molar-refractivity contribution in [1.82, 2.24) is 15.2 Å². The summed E-state index contributed by atoms with van der Waals surface area (Å²) in [7, 11) is 0. The lowest BCUT2D eigenvalue weighted by atomic mass is 10.3. The third-order valence-corrected chi connectivity index (χ3v) is 5.32. The number of hydrogen-bond donors (Lipinski definition) is 1. The van der Waals surface area contributed by atoms with Gasteiger partial charge in [-0.15, -0.1) is 11.3 Å². The van der Waals surface area contributed by atoms with E-state index in [9.17, 15) is 14.4 Å². The van der Waals surface area contributed by atoms with Gasteiger partial charge in [0.1, 0.15) is 22.2 Å². The number of esters is 1. The average molecular weight is 424 g/mol. The molecule has 1 atom stereocenters. The molecule has 10 heteroatoms. The molecular formula is C18H18ClN3O5S. The van der Waals surface area contributed by atoms with Crippen LogP contribution in [0.25, 0.3) is 0 Å². The summed E-state index contributed by atoms with van der Waals surface area (Å²) in [5.74, 6) is -0.588. The normalized spacial score (nSPS) is 14.5. The summed E-state index contributed by atoms with van der Waals surface area (Å²) in [4.78, 5) is 41.9. The van der Waals surface area contributed by atoms with Crippen LogP contribution in [0.3, 0.4) is 0 Å². The number of amides is 3. The Labute approximate surface area is 170 Å². The van der Waals surface area contributed by atoms with Gasteiger partial charge in [0, 0.05) is 18.1 Å². The van der Waals surface area contributed by atoms with Crippen LogP contribution in [0, 0.1) is 6.92 Å². The van der Waals surface area contributed by atoms with E-state index < -0.39 is 24.0 Å². The standard InChI is InChI=1S/C18H18ClN3O5S/c1-10-15(17(24)27-11(2)16(23)22-8-7-20-18(22)25)28-14(21-10)9-26-13-5-3-12(19)4-6-13/h3-6,11H,7-9H2,1-2H3,(H,20,25). The molecule has 2 heterocycles. The fourth-order valence-corrected chi connectivity index (χ4v) is 3.53. The summed E-state index contributed by atoms with van der Waals surface area (Å²) in [6.45, 7) is 3.94. The number of nitrogens with zero attached hydrogens (tertiary/aromatic N) is 2. The zero-order chi connectivity index (χ0) is 20.3. The minimum absolute atomic E-state index is 0.183. The van der Waals surface area contributed by atoms with Crippen LogP contribution in [0.1, 0.15) is 27.3 Å². The Kier molecular flexibility index (Phi) is 6.15. The Morgan fingerprint density at radius 3 is 2.71 bits per heavy atom. The number of carbonyl (C=O) groups excluding carboxylic acids is 3. The van der Waals surface area contributed by atoms with Gasteiger partial charge < -0.3 is 14.8 Å². The molecule has 0 aliphatic carbocycles. The largest absolute Gasteiger partial charge is 0.486 e. The van der Waals surface area contributed by atoms with Crippen molar-refractivity contribution in [3.05, 3.63) is 44.9 Å². The first-order valence-electron chi connectivity index (χ1n) is 8.50. The van der Waals surface area contributed by atoms with E-state index in [0.29, 0.717) is 32.9 Å². The van der Waals surface area contributed by atoms with Gasteiger partial charge in [0.2, 0.25) is 0 Å². The first-order chi connectivity index (χ1) is 13.3. The van der Waals surface area contributed by atoms with E-state index in [0.717, 1.165) is 16.2 Å². The van der Waals surface area contributed by atoms with Gasteiger partial charge in [-0.3, -0.25) is 9.69 Å². The fourth-order valence-electron chi connectivity index (χ4n) is 2.55. The highest BCUT2D eigenvalue weighted by atomic mass is 35.5. The number of aryl methyl sites for hydroxylation is 1. The van der Waals surface area contributed by atoms with Crippen molar-refractivity contribution in [1.29, 1.82) is 0 Å². The molecule has 28 heavy (non-hydrogen) atoms. The van der Waals surface area contributed by atoms with Gasteiger partial charge in [-0.25, -0.2) is 14.6 Å². The molecule has 3 amide bonds. The number of thiazole rings is 1. The molecular weight excluding hydrogens is 406 g/mol. The van der Waals surface area contributed by atoms with Gasteiger partial charge in [-0.1, -0.05) is 11.6 Å². The molecule has 3 rings (SSSR count). The van der Waals surface area contributed by atoms with Gasteiger partial charge in [0.15, 0.2) is 6.10 Å². The van der Waals surface area contributed by atoms with Crippen LogP contribution in [-0.2, 0) is 16.1 Å². The zero-order valence-corrected chi connectivity index (χ0v) is 16.8. The van der Waals surface area contributed by atoms with Crippen LogP contribution < -0.4 is 10.1 Å². The SMILES string of the molecule is Cc1nc(COc2ccc(Cl)cc2)sc1C(=O)OC(C)C(=O)N1CCNC1=O. The second-order valence-corrected chi connectivity index (χ2v) is 7.55. The van der Waals surface area contributed by atoms with Crippen molar-refractivity contribution in [2.24, 2.45) is 0 Å². The van der Waals surface area contributed by atoms with E-state index >= 15 is 0 Å². The average Bonchev–Trinajstić information content (AvgIpc) is 3.26. The maximum absolute atomic E-state index is 12.4. The maximum atomic E-state index is 12.4. The first kappa shape index (κ1) is 20.1. The summed E-state index contributed by atoms with van der Waals surface area (Å²) in [5, 5.41) is 3.73. The van der Waals surface area contributed by atoms with Gasteiger partial charge in [-0.2, -0.15) is 0 Å². The van der Waals surface area contributed by atoms with Crippen molar-refractivity contribution >= 4 is 40.8 Å². The Bertz CT molecular complexity index is 899. The summed E-state index contributed by atoms with van der Waals surface area (Å²) in [6.07, 6.45) is -1.08. The minimum atomic E-state index is -1.08. The predicted molar refractivity (Wildman–Crippen MR) is 103 cm³/mol. The summed E-state index contributed by atoms with van der Waals surface area (Å²) >= 11 is 6.97. The molecule has 0 spiro atoms. The number of carbonyl (C=O) groups is 3. The second kappa shape index (κ2) is 8.57. The molecule has 1 fully saturated rings. The molecule has 0 bridgehead atoms. The van der Waals surface area contributed by atoms with Gasteiger partial charge in [0.25, 0.3) is 5.91 Å². The number of benzene rings is 1. The van der Waals surface area contributed by atoms with Crippen LogP contribution in [0.2, 0.25) is 5.02 Å². The minimum Gasteiger partial charge on any atom is -0.486 e. The fraction of sp³-hybridized carbons (Fsp3) is 0.333.